The molecule has 1 aromatic rings. The van der Waals surface area contributed by atoms with E-state index in [0.717, 1.165) is 31.6 Å². The highest BCUT2D eigenvalue weighted by Gasteiger charge is 2.21. The van der Waals surface area contributed by atoms with Crippen LogP contribution in [0.2, 0.25) is 0 Å². The van der Waals surface area contributed by atoms with E-state index in [1.165, 1.54) is 0 Å². The van der Waals surface area contributed by atoms with Crippen molar-refractivity contribution in [2.24, 2.45) is 5.92 Å². The molecule has 0 spiro atoms. The molecule has 2 fully saturated rings. The maximum atomic E-state index is 12.2. The Kier molecular flexibility index (Phi) is 6.06. The number of hydrogen-bond acceptors (Lipinski definition) is 6. The minimum Gasteiger partial charge on any atom is -0.352 e. The number of hydrazine groups is 1. The van der Waals surface area contributed by atoms with Crippen LogP contribution in [-0.2, 0) is 16.4 Å². The minimum absolute atomic E-state index is 0.0467. The van der Waals surface area contributed by atoms with Crippen LogP contribution in [-0.4, -0.2) is 63.5 Å². The number of nitrogens with zero attached hydrogens (tertiary/aromatic N) is 1. The lowest BCUT2D eigenvalue weighted by atomic mass is 10.1. The fraction of sp³-hybridized carbons (Fsp3) is 0.588. The van der Waals surface area contributed by atoms with E-state index in [4.69, 9.17) is 0 Å². The number of amides is 1. The molecule has 3 N–H and O–H groups in total. The molecule has 2 aliphatic heterocycles. The third kappa shape index (κ3) is 5.50. The van der Waals surface area contributed by atoms with Crippen molar-refractivity contribution in [1.82, 2.24) is 21.1 Å². The molecule has 2 aliphatic rings. The summed E-state index contributed by atoms with van der Waals surface area (Å²) in [5, 5.41) is 2.96. The van der Waals surface area contributed by atoms with Gasteiger partial charge in [0.25, 0.3) is 5.91 Å². The number of carbonyl (C=O) groups excluding carboxylic acids is 1. The smallest absolute Gasteiger partial charge is 0.251 e. The fourth-order valence-corrected chi connectivity index (χ4v) is 4.41. The number of benzene rings is 1. The second-order valence-corrected chi connectivity index (χ2v) is 9.10. The van der Waals surface area contributed by atoms with E-state index >= 15 is 0 Å². The maximum absolute atomic E-state index is 12.2. The average Bonchev–Trinajstić information content (AvgIpc) is 3.11. The van der Waals surface area contributed by atoms with Crippen LogP contribution >= 0.6 is 0 Å². The molecule has 0 atom stereocenters. The quantitative estimate of drug-likeness (QED) is 0.644. The summed E-state index contributed by atoms with van der Waals surface area (Å²) < 4.78 is 22.9. The summed E-state index contributed by atoms with van der Waals surface area (Å²) in [7, 11) is -2.84. The zero-order valence-electron chi connectivity index (χ0n) is 14.3. The highest BCUT2D eigenvalue weighted by Crippen LogP contribution is 2.11. The Hall–Kier alpha value is -1.48. The average molecular weight is 366 g/mol. The molecule has 0 saturated carbocycles. The lowest BCUT2D eigenvalue weighted by molar-refractivity contribution is 0.0951. The molecular weight excluding hydrogens is 340 g/mol. The van der Waals surface area contributed by atoms with Crippen LogP contribution in [0, 0.1) is 5.92 Å². The van der Waals surface area contributed by atoms with E-state index in [9.17, 15) is 13.2 Å². The highest BCUT2D eigenvalue weighted by atomic mass is 32.2. The van der Waals surface area contributed by atoms with Crippen molar-refractivity contribution in [2.75, 3.05) is 44.2 Å². The van der Waals surface area contributed by atoms with Crippen molar-refractivity contribution in [3.63, 3.8) is 0 Å². The number of hydrogen-bond donors (Lipinski definition) is 3. The Labute approximate surface area is 149 Å². The van der Waals surface area contributed by atoms with Gasteiger partial charge in [0.1, 0.15) is 0 Å². The molecule has 138 valence electrons. The molecule has 2 heterocycles. The Morgan fingerprint density at radius 3 is 2.40 bits per heavy atom. The lowest BCUT2D eigenvalue weighted by Gasteiger charge is -2.26. The summed E-state index contributed by atoms with van der Waals surface area (Å²) in [5.41, 5.74) is 7.93. The van der Waals surface area contributed by atoms with Crippen molar-refractivity contribution in [3.8, 4) is 0 Å². The van der Waals surface area contributed by atoms with Gasteiger partial charge in [-0.25, -0.2) is 8.42 Å². The normalized spacial score (nSPS) is 21.3. The number of nitrogens with one attached hydrogen (secondary N) is 3. The summed E-state index contributed by atoms with van der Waals surface area (Å²) in [4.78, 5) is 14.3. The van der Waals surface area contributed by atoms with Crippen LogP contribution in [0.5, 0.6) is 0 Å². The molecule has 7 nitrogen and oxygen atoms in total. The van der Waals surface area contributed by atoms with E-state index in [0.29, 0.717) is 31.1 Å². The lowest BCUT2D eigenvalue weighted by Crippen LogP contribution is -2.39. The van der Waals surface area contributed by atoms with Crippen LogP contribution < -0.4 is 16.2 Å². The molecule has 1 amide bonds. The van der Waals surface area contributed by atoms with Crippen molar-refractivity contribution in [2.45, 2.75) is 13.0 Å². The van der Waals surface area contributed by atoms with Crippen molar-refractivity contribution < 1.29 is 13.2 Å². The van der Waals surface area contributed by atoms with Crippen LogP contribution in [0.4, 0.5) is 0 Å². The Balaban J connectivity index is 1.44. The molecule has 1 aromatic carbocycles. The zero-order valence-corrected chi connectivity index (χ0v) is 15.1. The maximum Gasteiger partial charge on any atom is 0.251 e. The monoisotopic (exact) mass is 366 g/mol. The van der Waals surface area contributed by atoms with Crippen LogP contribution in [0.3, 0.4) is 0 Å². The molecule has 0 aromatic heterocycles. The minimum atomic E-state index is -2.84. The molecule has 2 saturated heterocycles. The predicted molar refractivity (Wildman–Crippen MR) is 96.8 cm³/mol. The molecule has 0 radical (unpaired) electrons. The molecule has 8 heteroatoms. The predicted octanol–water partition coefficient (Wildman–Crippen LogP) is -0.239. The van der Waals surface area contributed by atoms with Gasteiger partial charge >= 0.3 is 0 Å². The van der Waals surface area contributed by atoms with Gasteiger partial charge in [0, 0.05) is 44.8 Å². The van der Waals surface area contributed by atoms with Gasteiger partial charge in [-0.3, -0.25) is 20.5 Å². The summed E-state index contributed by atoms with van der Waals surface area (Å²) >= 11 is 0. The topological polar surface area (TPSA) is 90.5 Å². The van der Waals surface area contributed by atoms with E-state index in [1.807, 2.05) is 24.3 Å². The summed E-state index contributed by atoms with van der Waals surface area (Å²) in [6.07, 6.45) is 0.960. The van der Waals surface area contributed by atoms with Gasteiger partial charge in [-0.1, -0.05) is 12.1 Å². The Bertz CT molecular complexity index is 670. The Morgan fingerprint density at radius 1 is 1.12 bits per heavy atom. The van der Waals surface area contributed by atoms with Gasteiger partial charge < -0.3 is 5.32 Å². The van der Waals surface area contributed by atoms with E-state index in [2.05, 4.69) is 21.1 Å². The second-order valence-electron chi connectivity index (χ2n) is 6.80. The number of sulfone groups is 1. The van der Waals surface area contributed by atoms with Gasteiger partial charge in [0.05, 0.1) is 11.5 Å². The summed E-state index contributed by atoms with van der Waals surface area (Å²) in [5.74, 6) is 0.990. The van der Waals surface area contributed by atoms with E-state index < -0.39 is 9.84 Å². The molecule has 25 heavy (non-hydrogen) atoms. The summed E-state index contributed by atoms with van der Waals surface area (Å²) in [6, 6.07) is 7.57. The third-order valence-electron chi connectivity index (χ3n) is 4.80. The van der Waals surface area contributed by atoms with Crippen LogP contribution in [0.25, 0.3) is 0 Å². The largest absolute Gasteiger partial charge is 0.352 e. The first kappa shape index (κ1) is 18.3. The fourth-order valence-electron chi connectivity index (χ4n) is 3.13. The van der Waals surface area contributed by atoms with E-state index in [-0.39, 0.29) is 17.4 Å². The number of rotatable bonds is 6. The molecule has 0 aliphatic carbocycles. The highest BCUT2D eigenvalue weighted by molar-refractivity contribution is 7.91. The standard InChI is InChI=1S/C17H26N4O3S/c22-17(18-6-5-15-11-19-20-12-15)16-3-1-14(2-4-16)13-21-7-9-25(23,24)10-8-21/h1-4,15,19-20H,5-13H2,(H,18,22). The summed E-state index contributed by atoms with van der Waals surface area (Å²) in [6.45, 7) is 4.45. The SMILES string of the molecule is O=C(NCCC1CNNC1)c1ccc(CN2CCS(=O)(=O)CC2)cc1. The molecule has 0 unspecified atom stereocenters. The van der Waals surface area contributed by atoms with E-state index in [1.54, 1.807) is 0 Å². The van der Waals surface area contributed by atoms with Crippen LogP contribution in [0.15, 0.2) is 24.3 Å². The first-order chi connectivity index (χ1) is 12.0. The van der Waals surface area contributed by atoms with Crippen molar-refractivity contribution in [1.29, 1.82) is 0 Å². The number of carbonyl (C=O) groups is 1. The van der Waals surface area contributed by atoms with Gasteiger partial charge in [-0.05, 0) is 30.0 Å². The first-order valence-electron chi connectivity index (χ1n) is 8.77. The zero-order chi connectivity index (χ0) is 17.7. The third-order valence-corrected chi connectivity index (χ3v) is 6.41. The van der Waals surface area contributed by atoms with Crippen molar-refractivity contribution in [3.05, 3.63) is 35.4 Å². The Morgan fingerprint density at radius 2 is 1.76 bits per heavy atom. The molecule has 3 rings (SSSR count). The first-order valence-corrected chi connectivity index (χ1v) is 10.6. The van der Waals surface area contributed by atoms with Gasteiger partial charge in [0.2, 0.25) is 0 Å². The van der Waals surface area contributed by atoms with Crippen molar-refractivity contribution >= 4 is 15.7 Å². The molecular formula is C17H26N4O3S. The molecule has 0 bridgehead atoms. The second kappa shape index (κ2) is 8.27. The van der Waals surface area contributed by atoms with Gasteiger partial charge in [0.15, 0.2) is 9.84 Å². The van der Waals surface area contributed by atoms with Gasteiger partial charge in [-0.2, -0.15) is 0 Å². The van der Waals surface area contributed by atoms with Gasteiger partial charge in [-0.15, -0.1) is 0 Å². The van der Waals surface area contributed by atoms with Crippen LogP contribution in [0.1, 0.15) is 22.3 Å².